The van der Waals surface area contributed by atoms with E-state index in [1.54, 1.807) is 0 Å². The Morgan fingerprint density at radius 1 is 1.00 bits per heavy atom. The van der Waals surface area contributed by atoms with E-state index in [2.05, 4.69) is 0 Å². The molecule has 0 bridgehead atoms. The van der Waals surface area contributed by atoms with Gasteiger partial charge in [-0.2, -0.15) is 13.2 Å². The first-order chi connectivity index (χ1) is 8.38. The molecular formula is C12H7F3O3. The molecule has 0 aliphatic heterocycles. The fourth-order valence-electron chi connectivity index (χ4n) is 1.88. The van der Waals surface area contributed by atoms with Crippen molar-refractivity contribution in [1.29, 1.82) is 0 Å². The van der Waals surface area contributed by atoms with E-state index in [1.807, 2.05) is 0 Å². The number of Topliss-reactive ketones (excluding diaryl/α,β-unsaturated/α-hetero) is 2. The molecule has 3 nitrogen and oxygen atoms in total. The number of aliphatic hydroxyl groups is 1. The van der Waals surface area contributed by atoms with Gasteiger partial charge in [0.05, 0.1) is 6.61 Å². The highest BCUT2D eigenvalue weighted by Gasteiger charge is 2.46. The molecule has 0 atom stereocenters. The van der Waals surface area contributed by atoms with Crippen molar-refractivity contribution >= 4 is 11.6 Å². The van der Waals surface area contributed by atoms with Gasteiger partial charge in [0, 0.05) is 16.7 Å². The van der Waals surface area contributed by atoms with Crippen LogP contribution in [0.15, 0.2) is 35.4 Å². The molecular weight excluding hydrogens is 249 g/mol. The quantitative estimate of drug-likeness (QED) is 0.835. The number of aliphatic hydroxyl groups excluding tert-OH is 1. The lowest BCUT2D eigenvalue weighted by molar-refractivity contribution is -0.0899. The molecule has 0 radical (unpaired) electrons. The Bertz CT molecular complexity index is 570. The summed E-state index contributed by atoms with van der Waals surface area (Å²) in [6.07, 6.45) is -4.96. The van der Waals surface area contributed by atoms with Gasteiger partial charge in [0.2, 0.25) is 0 Å². The van der Waals surface area contributed by atoms with E-state index < -0.39 is 35.5 Å². The molecule has 1 aromatic rings. The molecule has 0 saturated carbocycles. The molecule has 18 heavy (non-hydrogen) atoms. The van der Waals surface area contributed by atoms with Gasteiger partial charge in [-0.3, -0.25) is 9.59 Å². The van der Waals surface area contributed by atoms with Gasteiger partial charge in [-0.25, -0.2) is 0 Å². The summed E-state index contributed by atoms with van der Waals surface area (Å²) >= 11 is 0. The number of allylic oxidation sites excluding steroid dienone is 1. The van der Waals surface area contributed by atoms with Crippen LogP contribution < -0.4 is 0 Å². The summed E-state index contributed by atoms with van der Waals surface area (Å²) in [4.78, 5) is 23.5. The zero-order chi connectivity index (χ0) is 13.5. The highest BCUT2D eigenvalue weighted by atomic mass is 19.4. The summed E-state index contributed by atoms with van der Waals surface area (Å²) in [7, 11) is 0. The van der Waals surface area contributed by atoms with Crippen molar-refractivity contribution in [3.05, 3.63) is 46.5 Å². The minimum Gasteiger partial charge on any atom is -0.392 e. The average molecular weight is 256 g/mol. The van der Waals surface area contributed by atoms with Crippen LogP contribution in [-0.2, 0) is 0 Å². The molecule has 0 saturated heterocycles. The van der Waals surface area contributed by atoms with Crippen LogP contribution in [-0.4, -0.2) is 29.5 Å². The van der Waals surface area contributed by atoms with Crippen molar-refractivity contribution in [1.82, 2.24) is 0 Å². The van der Waals surface area contributed by atoms with Crippen molar-refractivity contribution < 1.29 is 27.9 Å². The number of fused-ring (bicyclic) bond motifs is 1. The van der Waals surface area contributed by atoms with Gasteiger partial charge in [-0.15, -0.1) is 0 Å². The second-order valence-corrected chi connectivity index (χ2v) is 3.71. The van der Waals surface area contributed by atoms with Gasteiger partial charge in [0.25, 0.3) is 0 Å². The Morgan fingerprint density at radius 2 is 1.50 bits per heavy atom. The summed E-state index contributed by atoms with van der Waals surface area (Å²) in [5.74, 6) is -2.23. The monoisotopic (exact) mass is 256 g/mol. The Balaban J connectivity index is 2.73. The van der Waals surface area contributed by atoms with Gasteiger partial charge in [-0.1, -0.05) is 24.3 Å². The number of benzene rings is 1. The fraction of sp³-hybridized carbons (Fsp3) is 0.167. The Kier molecular flexibility index (Phi) is 2.82. The molecule has 1 aromatic carbocycles. The first-order valence-corrected chi connectivity index (χ1v) is 4.97. The van der Waals surface area contributed by atoms with E-state index in [1.165, 1.54) is 18.2 Å². The number of hydrogen-bond acceptors (Lipinski definition) is 3. The van der Waals surface area contributed by atoms with Crippen LogP contribution in [0.2, 0.25) is 0 Å². The maximum absolute atomic E-state index is 12.8. The maximum Gasteiger partial charge on any atom is 0.420 e. The lowest BCUT2D eigenvalue weighted by Gasteiger charge is -2.21. The highest BCUT2D eigenvalue weighted by molar-refractivity contribution is 6.27. The number of alkyl halides is 3. The third-order valence-electron chi connectivity index (χ3n) is 2.66. The van der Waals surface area contributed by atoms with Crippen molar-refractivity contribution in [2.75, 3.05) is 6.61 Å². The highest BCUT2D eigenvalue weighted by Crippen LogP contribution is 2.36. The van der Waals surface area contributed by atoms with Crippen LogP contribution in [0, 0.1) is 0 Å². The number of ketones is 2. The number of carbonyl (C=O) groups is 2. The second kappa shape index (κ2) is 4.06. The molecule has 0 amide bonds. The first kappa shape index (κ1) is 12.5. The number of carbonyl (C=O) groups excluding carboxylic acids is 2. The average Bonchev–Trinajstić information content (AvgIpc) is 2.32. The number of rotatable bonds is 1. The second-order valence-electron chi connectivity index (χ2n) is 3.71. The first-order valence-electron chi connectivity index (χ1n) is 4.97. The smallest absolute Gasteiger partial charge is 0.392 e. The van der Waals surface area contributed by atoms with E-state index >= 15 is 0 Å². The van der Waals surface area contributed by atoms with Crippen LogP contribution in [0.3, 0.4) is 0 Å². The lowest BCUT2D eigenvalue weighted by atomic mass is 9.84. The van der Waals surface area contributed by atoms with Crippen molar-refractivity contribution in [2.24, 2.45) is 0 Å². The summed E-state index contributed by atoms with van der Waals surface area (Å²) in [5, 5.41) is 8.91. The van der Waals surface area contributed by atoms with Crippen LogP contribution in [0.25, 0.3) is 0 Å². The van der Waals surface area contributed by atoms with Crippen LogP contribution >= 0.6 is 0 Å². The minimum absolute atomic E-state index is 0.112. The van der Waals surface area contributed by atoms with Gasteiger partial charge in [0.15, 0.2) is 11.6 Å². The molecule has 94 valence electrons. The van der Waals surface area contributed by atoms with E-state index in [4.69, 9.17) is 5.11 Å². The molecule has 1 aliphatic carbocycles. The molecule has 0 fully saturated rings. The summed E-state index contributed by atoms with van der Waals surface area (Å²) < 4.78 is 38.3. The van der Waals surface area contributed by atoms with Gasteiger partial charge >= 0.3 is 6.18 Å². The standard InChI is InChI=1S/C12H7F3O3/c13-12(14,15)9-8(5-16)10(17)6-3-1-2-4-7(6)11(9)18/h1-4,16H,5H2. The predicted molar refractivity (Wildman–Crippen MR) is 55.3 cm³/mol. The molecule has 6 heteroatoms. The molecule has 2 rings (SSSR count). The van der Waals surface area contributed by atoms with E-state index in [0.29, 0.717) is 0 Å². The van der Waals surface area contributed by atoms with E-state index in [-0.39, 0.29) is 11.1 Å². The summed E-state index contributed by atoms with van der Waals surface area (Å²) in [5.41, 5.74) is -2.87. The van der Waals surface area contributed by atoms with E-state index in [9.17, 15) is 22.8 Å². The molecule has 0 spiro atoms. The van der Waals surface area contributed by atoms with Crippen LogP contribution in [0.5, 0.6) is 0 Å². The minimum atomic E-state index is -4.96. The maximum atomic E-state index is 12.8. The third-order valence-corrected chi connectivity index (χ3v) is 2.66. The van der Waals surface area contributed by atoms with E-state index in [0.717, 1.165) is 6.07 Å². The Morgan fingerprint density at radius 3 is 1.94 bits per heavy atom. The molecule has 0 heterocycles. The zero-order valence-corrected chi connectivity index (χ0v) is 8.91. The predicted octanol–water partition coefficient (Wildman–Crippen LogP) is 1.92. The third kappa shape index (κ3) is 1.74. The number of halogens is 3. The van der Waals surface area contributed by atoms with Gasteiger partial charge in [-0.05, 0) is 0 Å². The molecule has 1 aliphatic rings. The Hall–Kier alpha value is -1.95. The molecule has 0 aromatic heterocycles. The molecule has 1 N–H and O–H groups in total. The largest absolute Gasteiger partial charge is 0.420 e. The van der Waals surface area contributed by atoms with Crippen LogP contribution in [0.1, 0.15) is 20.7 Å². The van der Waals surface area contributed by atoms with Crippen molar-refractivity contribution in [3.63, 3.8) is 0 Å². The topological polar surface area (TPSA) is 54.4 Å². The normalized spacial score (nSPS) is 16.0. The zero-order valence-electron chi connectivity index (χ0n) is 8.91. The van der Waals surface area contributed by atoms with Gasteiger partial charge < -0.3 is 5.11 Å². The Labute approximate surface area is 99.5 Å². The summed E-state index contributed by atoms with van der Waals surface area (Å²) in [6, 6.07) is 5.24. The van der Waals surface area contributed by atoms with Crippen molar-refractivity contribution in [3.8, 4) is 0 Å². The lowest BCUT2D eigenvalue weighted by Crippen LogP contribution is -2.31. The molecule has 0 unspecified atom stereocenters. The van der Waals surface area contributed by atoms with Crippen LogP contribution in [0.4, 0.5) is 13.2 Å². The SMILES string of the molecule is O=C1C(CO)=C(C(F)(F)F)C(=O)c2ccccc21. The summed E-state index contributed by atoms with van der Waals surface area (Å²) in [6.45, 7) is -1.12. The number of hydrogen-bond donors (Lipinski definition) is 1. The van der Waals surface area contributed by atoms with Gasteiger partial charge in [0.1, 0.15) is 5.57 Å². The van der Waals surface area contributed by atoms with Crippen molar-refractivity contribution in [2.45, 2.75) is 6.18 Å². The fourth-order valence-corrected chi connectivity index (χ4v) is 1.88.